The molecule has 0 bridgehead atoms. The van der Waals surface area contributed by atoms with Crippen molar-refractivity contribution in [1.82, 2.24) is 4.90 Å². The van der Waals surface area contributed by atoms with Crippen LogP contribution < -0.4 is 4.74 Å². The monoisotopic (exact) mass is 331 g/mol. The number of likely N-dealkylation sites (tertiary alicyclic amines) is 1. The highest BCUT2D eigenvalue weighted by Gasteiger charge is 2.46. The predicted molar refractivity (Wildman–Crippen MR) is 93.9 cm³/mol. The Kier molecular flexibility index (Phi) is 5.44. The molecule has 4 heteroatoms. The van der Waals surface area contributed by atoms with Crippen molar-refractivity contribution in [1.29, 1.82) is 0 Å². The molecule has 0 aromatic heterocycles. The van der Waals surface area contributed by atoms with Crippen LogP contribution in [0, 0.1) is 11.3 Å². The topological polar surface area (TPSA) is 38.8 Å². The lowest BCUT2D eigenvalue weighted by Crippen LogP contribution is -2.45. The summed E-state index contributed by atoms with van der Waals surface area (Å²) in [5, 5.41) is 0. The summed E-state index contributed by atoms with van der Waals surface area (Å²) in [7, 11) is 1.72. The minimum absolute atomic E-state index is 0.0360. The van der Waals surface area contributed by atoms with Crippen LogP contribution in [0.2, 0.25) is 0 Å². The SMILES string of the molecule is CCOC(=O)C1(CC2CC2)CCN(Cc2ccccc2OC)CC1. The summed E-state index contributed by atoms with van der Waals surface area (Å²) in [5.41, 5.74) is 0.972. The van der Waals surface area contributed by atoms with E-state index in [9.17, 15) is 4.79 Å². The lowest BCUT2D eigenvalue weighted by atomic mass is 9.74. The highest BCUT2D eigenvalue weighted by atomic mass is 16.5. The maximum atomic E-state index is 12.6. The maximum Gasteiger partial charge on any atom is 0.312 e. The summed E-state index contributed by atoms with van der Waals surface area (Å²) in [6, 6.07) is 8.18. The van der Waals surface area contributed by atoms with Crippen LogP contribution in [-0.2, 0) is 16.1 Å². The average Bonchev–Trinajstić information content (AvgIpc) is 3.41. The molecule has 1 saturated heterocycles. The third-order valence-corrected chi connectivity index (χ3v) is 5.48. The first-order valence-electron chi connectivity index (χ1n) is 9.18. The van der Waals surface area contributed by atoms with Gasteiger partial charge in [-0.3, -0.25) is 9.69 Å². The van der Waals surface area contributed by atoms with Crippen molar-refractivity contribution < 1.29 is 14.3 Å². The number of ether oxygens (including phenoxy) is 2. The quantitative estimate of drug-likeness (QED) is 0.715. The third-order valence-electron chi connectivity index (χ3n) is 5.48. The number of benzene rings is 1. The Bertz CT molecular complexity index is 560. The molecule has 0 radical (unpaired) electrons. The molecule has 3 rings (SSSR count). The molecule has 24 heavy (non-hydrogen) atoms. The van der Waals surface area contributed by atoms with Gasteiger partial charge in [-0.1, -0.05) is 31.0 Å². The number of para-hydroxylation sites is 1. The van der Waals surface area contributed by atoms with Crippen molar-refractivity contribution in [3.63, 3.8) is 0 Å². The lowest BCUT2D eigenvalue weighted by Gasteiger charge is -2.40. The smallest absolute Gasteiger partial charge is 0.312 e. The molecule has 4 nitrogen and oxygen atoms in total. The van der Waals surface area contributed by atoms with Gasteiger partial charge in [0.05, 0.1) is 19.1 Å². The first kappa shape index (κ1) is 17.3. The summed E-state index contributed by atoms with van der Waals surface area (Å²) >= 11 is 0. The molecule has 2 aliphatic rings. The molecule has 0 amide bonds. The number of nitrogens with zero attached hydrogens (tertiary/aromatic N) is 1. The number of methoxy groups -OCH3 is 1. The van der Waals surface area contributed by atoms with Crippen molar-refractivity contribution in [3.8, 4) is 5.75 Å². The van der Waals surface area contributed by atoms with E-state index in [0.717, 1.165) is 50.6 Å². The minimum Gasteiger partial charge on any atom is -0.496 e. The molecule has 0 unspecified atom stereocenters. The first-order chi connectivity index (χ1) is 11.7. The Hall–Kier alpha value is -1.55. The Morgan fingerprint density at radius 3 is 2.58 bits per heavy atom. The largest absolute Gasteiger partial charge is 0.496 e. The fraction of sp³-hybridized carbons (Fsp3) is 0.650. The van der Waals surface area contributed by atoms with E-state index >= 15 is 0 Å². The van der Waals surface area contributed by atoms with Gasteiger partial charge in [-0.25, -0.2) is 0 Å². The standard InChI is InChI=1S/C20H29NO3/c1-3-24-19(22)20(14-16-8-9-16)10-12-21(13-11-20)15-17-6-4-5-7-18(17)23-2/h4-7,16H,3,8-15H2,1-2H3. The van der Waals surface area contributed by atoms with E-state index in [2.05, 4.69) is 17.0 Å². The van der Waals surface area contributed by atoms with Crippen molar-refractivity contribution in [2.24, 2.45) is 11.3 Å². The molecule has 2 fully saturated rings. The van der Waals surface area contributed by atoms with E-state index in [-0.39, 0.29) is 11.4 Å². The minimum atomic E-state index is -0.242. The van der Waals surface area contributed by atoms with Crippen LogP contribution in [0.5, 0.6) is 5.75 Å². The average molecular weight is 331 g/mol. The molecule has 0 atom stereocenters. The van der Waals surface area contributed by atoms with E-state index in [4.69, 9.17) is 9.47 Å². The van der Waals surface area contributed by atoms with Gasteiger partial charge < -0.3 is 9.47 Å². The van der Waals surface area contributed by atoms with Crippen LogP contribution in [0.4, 0.5) is 0 Å². The first-order valence-corrected chi connectivity index (χ1v) is 9.18. The van der Waals surface area contributed by atoms with Crippen LogP contribution in [0.25, 0.3) is 0 Å². The van der Waals surface area contributed by atoms with Crippen molar-refractivity contribution in [3.05, 3.63) is 29.8 Å². The van der Waals surface area contributed by atoms with Crippen LogP contribution in [-0.4, -0.2) is 37.7 Å². The number of hydrogen-bond donors (Lipinski definition) is 0. The molecule has 1 saturated carbocycles. The molecular weight excluding hydrogens is 302 g/mol. The molecule has 132 valence electrons. The number of rotatable bonds is 7. The van der Waals surface area contributed by atoms with Crippen LogP contribution >= 0.6 is 0 Å². The normalized spacial score (nSPS) is 20.6. The Balaban J connectivity index is 1.63. The summed E-state index contributed by atoms with van der Waals surface area (Å²) in [6.45, 7) is 5.16. The zero-order chi connectivity index (χ0) is 17.0. The van der Waals surface area contributed by atoms with E-state index in [0.29, 0.717) is 6.61 Å². The van der Waals surface area contributed by atoms with Gasteiger partial charge in [0.15, 0.2) is 0 Å². The molecule has 0 N–H and O–H groups in total. The molecule has 1 heterocycles. The number of hydrogen-bond acceptors (Lipinski definition) is 4. The van der Waals surface area contributed by atoms with Crippen LogP contribution in [0.1, 0.15) is 44.6 Å². The number of piperidine rings is 1. The van der Waals surface area contributed by atoms with E-state index in [1.54, 1.807) is 7.11 Å². The highest BCUT2D eigenvalue weighted by molar-refractivity contribution is 5.77. The number of carbonyl (C=O) groups excluding carboxylic acids is 1. The third kappa shape index (κ3) is 3.92. The van der Waals surface area contributed by atoms with E-state index < -0.39 is 0 Å². The molecule has 1 aliphatic heterocycles. The summed E-state index contributed by atoms with van der Waals surface area (Å²) in [6.07, 6.45) is 5.42. The predicted octanol–water partition coefficient (Wildman–Crippen LogP) is 3.64. The van der Waals surface area contributed by atoms with Crippen LogP contribution in [0.3, 0.4) is 0 Å². The lowest BCUT2D eigenvalue weighted by molar-refractivity contribution is -0.159. The van der Waals surface area contributed by atoms with Crippen LogP contribution in [0.15, 0.2) is 24.3 Å². The fourth-order valence-electron chi connectivity index (χ4n) is 3.86. The second-order valence-corrected chi connectivity index (χ2v) is 7.24. The molecule has 1 aliphatic carbocycles. The second kappa shape index (κ2) is 7.56. The fourth-order valence-corrected chi connectivity index (χ4v) is 3.86. The summed E-state index contributed by atoms with van der Waals surface area (Å²) in [4.78, 5) is 15.0. The zero-order valence-electron chi connectivity index (χ0n) is 14.9. The van der Waals surface area contributed by atoms with E-state index in [1.165, 1.54) is 18.4 Å². The van der Waals surface area contributed by atoms with E-state index in [1.807, 2.05) is 19.1 Å². The maximum absolute atomic E-state index is 12.6. The van der Waals surface area contributed by atoms with Gasteiger partial charge in [0.1, 0.15) is 5.75 Å². The van der Waals surface area contributed by atoms with Gasteiger partial charge in [0.2, 0.25) is 0 Å². The molecule has 1 aromatic rings. The zero-order valence-corrected chi connectivity index (χ0v) is 14.9. The Labute approximate surface area is 145 Å². The Morgan fingerprint density at radius 1 is 1.25 bits per heavy atom. The molecular formula is C20H29NO3. The van der Waals surface area contributed by atoms with Crippen molar-refractivity contribution in [2.75, 3.05) is 26.8 Å². The van der Waals surface area contributed by atoms with Gasteiger partial charge in [-0.05, 0) is 51.3 Å². The number of esters is 1. The van der Waals surface area contributed by atoms with Gasteiger partial charge in [-0.2, -0.15) is 0 Å². The van der Waals surface area contributed by atoms with Gasteiger partial charge >= 0.3 is 5.97 Å². The summed E-state index contributed by atoms with van der Waals surface area (Å²) in [5.74, 6) is 1.72. The second-order valence-electron chi connectivity index (χ2n) is 7.24. The van der Waals surface area contributed by atoms with Crippen molar-refractivity contribution in [2.45, 2.75) is 45.6 Å². The van der Waals surface area contributed by atoms with Gasteiger partial charge in [0, 0.05) is 12.1 Å². The Morgan fingerprint density at radius 2 is 1.96 bits per heavy atom. The number of carbonyl (C=O) groups is 1. The van der Waals surface area contributed by atoms with Crippen molar-refractivity contribution >= 4 is 5.97 Å². The molecule has 1 aromatic carbocycles. The van der Waals surface area contributed by atoms with Gasteiger partial charge in [-0.15, -0.1) is 0 Å². The summed E-state index contributed by atoms with van der Waals surface area (Å²) < 4.78 is 10.9. The highest BCUT2D eigenvalue weighted by Crippen LogP contribution is 2.46. The van der Waals surface area contributed by atoms with Gasteiger partial charge in [0.25, 0.3) is 0 Å². The molecule has 0 spiro atoms.